The second-order valence-corrected chi connectivity index (χ2v) is 9.22. The van der Waals surface area contributed by atoms with Crippen molar-refractivity contribution in [3.05, 3.63) is 12.2 Å². The average Bonchev–Trinajstić information content (AvgIpc) is 3.52. The van der Waals surface area contributed by atoms with Gasteiger partial charge in [-0.05, 0) is 44.6 Å². The Morgan fingerprint density at radius 1 is 1.20 bits per heavy atom. The highest BCUT2D eigenvalue weighted by Gasteiger charge is 2.58. The summed E-state index contributed by atoms with van der Waals surface area (Å²) in [6.45, 7) is 7.22. The van der Waals surface area contributed by atoms with E-state index in [1.807, 2.05) is 6.92 Å². The third-order valence-corrected chi connectivity index (χ3v) is 7.45. The number of nitrogens with one attached hydrogen (secondary N) is 2. The number of fused-ring (bicyclic) bond motifs is 6. The first kappa shape index (κ1) is 20.0. The van der Waals surface area contributed by atoms with Crippen LogP contribution in [0.2, 0.25) is 0 Å². The van der Waals surface area contributed by atoms with Crippen molar-refractivity contribution in [2.45, 2.75) is 38.3 Å². The lowest BCUT2D eigenvalue weighted by Gasteiger charge is -2.34. The van der Waals surface area contributed by atoms with Gasteiger partial charge in [-0.25, -0.2) is 0 Å². The summed E-state index contributed by atoms with van der Waals surface area (Å²) in [7, 11) is 0. The number of nitrogens with zero attached hydrogens (tertiary/aromatic N) is 3. The Balaban J connectivity index is 1.12. The molecule has 30 heavy (non-hydrogen) atoms. The number of hydrogen-bond acceptors (Lipinski definition) is 5. The summed E-state index contributed by atoms with van der Waals surface area (Å²) in [6, 6.07) is 0.594. The summed E-state index contributed by atoms with van der Waals surface area (Å²) in [5, 5.41) is 6.54. The molecule has 0 spiro atoms. The van der Waals surface area contributed by atoms with Crippen molar-refractivity contribution in [1.82, 2.24) is 20.4 Å². The molecule has 2 N–H and O–H groups in total. The van der Waals surface area contributed by atoms with E-state index in [1.165, 1.54) is 24.3 Å². The fraction of sp³-hybridized carbons (Fsp3) is 0.773. The van der Waals surface area contributed by atoms with E-state index in [9.17, 15) is 9.59 Å². The van der Waals surface area contributed by atoms with Crippen LogP contribution in [0.5, 0.6) is 0 Å². The largest absolute Gasteiger partial charge is 0.373 e. The molecule has 6 atom stereocenters. The van der Waals surface area contributed by atoms with Gasteiger partial charge in [-0.15, -0.1) is 0 Å². The summed E-state index contributed by atoms with van der Waals surface area (Å²) in [5.41, 5.74) is 0. The molecule has 6 unspecified atom stereocenters. The zero-order valence-corrected chi connectivity index (χ0v) is 17.8. The van der Waals surface area contributed by atoms with Crippen LogP contribution in [0.25, 0.3) is 0 Å². The van der Waals surface area contributed by atoms with Crippen LogP contribution in [0, 0.1) is 23.7 Å². The number of rotatable bonds is 6. The monoisotopic (exact) mass is 415 g/mol. The van der Waals surface area contributed by atoms with Crippen LogP contribution >= 0.6 is 0 Å². The second-order valence-electron chi connectivity index (χ2n) is 9.22. The number of aliphatic imine (C=N–C) groups is 1. The van der Waals surface area contributed by atoms with Crippen LogP contribution in [0.4, 0.5) is 0 Å². The predicted molar refractivity (Wildman–Crippen MR) is 113 cm³/mol. The van der Waals surface area contributed by atoms with Gasteiger partial charge in [0.05, 0.1) is 31.1 Å². The lowest BCUT2D eigenvalue weighted by molar-refractivity contribution is -0.140. The highest BCUT2D eigenvalue weighted by Crippen LogP contribution is 2.52. The maximum absolute atomic E-state index is 12.8. The number of ether oxygens (including phenoxy) is 1. The van der Waals surface area contributed by atoms with Crippen LogP contribution in [0.15, 0.2) is 17.1 Å². The van der Waals surface area contributed by atoms with Crippen molar-refractivity contribution < 1.29 is 14.3 Å². The highest BCUT2D eigenvalue weighted by atomic mass is 16.5. The lowest BCUT2D eigenvalue weighted by atomic mass is 9.85. The van der Waals surface area contributed by atoms with Gasteiger partial charge < -0.3 is 15.4 Å². The average molecular weight is 416 g/mol. The molecule has 3 saturated heterocycles. The molecule has 2 bridgehead atoms. The van der Waals surface area contributed by atoms with E-state index in [2.05, 4.69) is 32.7 Å². The molecule has 5 rings (SSSR count). The summed E-state index contributed by atoms with van der Waals surface area (Å²) >= 11 is 0. The Hall–Kier alpha value is -1.93. The van der Waals surface area contributed by atoms with Gasteiger partial charge in [-0.3, -0.25) is 24.4 Å². The Morgan fingerprint density at radius 2 is 1.97 bits per heavy atom. The molecule has 0 radical (unpaired) electrons. The number of guanidine groups is 1. The van der Waals surface area contributed by atoms with E-state index < -0.39 is 0 Å². The summed E-state index contributed by atoms with van der Waals surface area (Å²) in [5.74, 6) is 1.03. The topological polar surface area (TPSA) is 86.3 Å². The van der Waals surface area contributed by atoms with E-state index >= 15 is 0 Å². The highest BCUT2D eigenvalue weighted by molar-refractivity contribution is 6.06. The first-order valence-corrected chi connectivity index (χ1v) is 11.6. The molecule has 1 saturated carbocycles. The van der Waals surface area contributed by atoms with Crippen LogP contribution in [0.1, 0.15) is 26.2 Å². The fourth-order valence-corrected chi connectivity index (χ4v) is 6.00. The van der Waals surface area contributed by atoms with Crippen molar-refractivity contribution in [3.63, 3.8) is 0 Å². The molecule has 164 valence electrons. The first-order valence-electron chi connectivity index (χ1n) is 11.6. The van der Waals surface area contributed by atoms with Crippen molar-refractivity contribution >= 4 is 17.8 Å². The van der Waals surface area contributed by atoms with Crippen molar-refractivity contribution in [1.29, 1.82) is 0 Å². The predicted octanol–water partition coefficient (Wildman–Crippen LogP) is 0.212. The number of carbonyl (C=O) groups excluding carboxylic acids is 2. The smallest absolute Gasteiger partial charge is 0.233 e. The van der Waals surface area contributed by atoms with E-state index in [0.29, 0.717) is 31.6 Å². The van der Waals surface area contributed by atoms with Gasteiger partial charge in [0.25, 0.3) is 0 Å². The van der Waals surface area contributed by atoms with Gasteiger partial charge in [0.1, 0.15) is 0 Å². The van der Waals surface area contributed by atoms with Gasteiger partial charge in [0.2, 0.25) is 11.8 Å². The van der Waals surface area contributed by atoms with Gasteiger partial charge in [-0.1, -0.05) is 12.2 Å². The van der Waals surface area contributed by atoms with Gasteiger partial charge in [0.15, 0.2) is 5.96 Å². The quantitative estimate of drug-likeness (QED) is 0.279. The number of amides is 2. The molecule has 3 heterocycles. The Morgan fingerprint density at radius 3 is 2.70 bits per heavy atom. The normalized spacial score (nSPS) is 37.8. The molecule has 5 aliphatic rings. The fourth-order valence-electron chi connectivity index (χ4n) is 6.00. The minimum Gasteiger partial charge on any atom is -0.373 e. The standard InChI is InChI=1S/C22H33N5O3/c1-2-23-22(25-11-17-12-26-8-3-4-16(26)13-30-17)24-7-9-27-20(28)18-14-5-6-15(10-14)19(18)21(27)29/h5-6,14-19H,2-4,7-13H2,1H3,(H2,23,24,25). The van der Waals surface area contributed by atoms with Gasteiger partial charge >= 0.3 is 0 Å². The van der Waals surface area contributed by atoms with Crippen LogP contribution < -0.4 is 10.6 Å². The van der Waals surface area contributed by atoms with Crippen molar-refractivity contribution in [3.8, 4) is 0 Å². The van der Waals surface area contributed by atoms with Crippen LogP contribution in [-0.4, -0.2) is 85.6 Å². The number of morpholine rings is 1. The number of hydrogen-bond donors (Lipinski definition) is 2. The van der Waals surface area contributed by atoms with Gasteiger partial charge in [-0.2, -0.15) is 0 Å². The minimum atomic E-state index is -0.118. The van der Waals surface area contributed by atoms with Crippen molar-refractivity contribution in [2.75, 3.05) is 45.9 Å². The third-order valence-electron chi connectivity index (χ3n) is 7.45. The maximum Gasteiger partial charge on any atom is 0.233 e. The van der Waals surface area contributed by atoms with E-state index in [4.69, 9.17) is 4.74 Å². The summed E-state index contributed by atoms with van der Waals surface area (Å²) < 4.78 is 5.99. The lowest BCUT2D eigenvalue weighted by Crippen LogP contribution is -2.48. The zero-order chi connectivity index (χ0) is 20.7. The maximum atomic E-state index is 12.8. The molecule has 0 aromatic carbocycles. The number of likely N-dealkylation sites (tertiary alicyclic amines) is 1. The molecule has 4 fully saturated rings. The SMILES string of the molecule is CCNC(=NCC1CN2CCCC2CO1)NCCN1C(=O)C2C3C=CC(C3)C2C1=O. The molecule has 2 aliphatic carbocycles. The number of imide groups is 1. The number of allylic oxidation sites excluding steroid dienone is 2. The molecular formula is C22H33N5O3. The molecular weight excluding hydrogens is 382 g/mol. The van der Waals surface area contributed by atoms with Gasteiger partial charge in [0, 0.05) is 32.2 Å². The van der Waals surface area contributed by atoms with E-state index in [1.54, 1.807) is 0 Å². The van der Waals surface area contributed by atoms with Crippen LogP contribution in [0.3, 0.4) is 0 Å². The molecule has 2 amide bonds. The van der Waals surface area contributed by atoms with Crippen LogP contribution in [-0.2, 0) is 14.3 Å². The minimum absolute atomic E-state index is 0.0152. The Labute approximate surface area is 178 Å². The summed E-state index contributed by atoms with van der Waals surface area (Å²) in [4.78, 5) is 34.3. The molecule has 0 aromatic heterocycles. The van der Waals surface area contributed by atoms with E-state index in [0.717, 1.165) is 26.1 Å². The molecule has 3 aliphatic heterocycles. The third kappa shape index (κ3) is 3.54. The Kier molecular flexibility index (Phi) is 5.54. The van der Waals surface area contributed by atoms with Crippen molar-refractivity contribution in [2.24, 2.45) is 28.7 Å². The number of carbonyl (C=O) groups is 2. The first-order chi connectivity index (χ1) is 14.7. The van der Waals surface area contributed by atoms with E-state index in [-0.39, 0.29) is 41.6 Å². The molecule has 0 aromatic rings. The zero-order valence-electron chi connectivity index (χ0n) is 17.8. The summed E-state index contributed by atoms with van der Waals surface area (Å²) in [6.07, 6.45) is 7.87. The Bertz CT molecular complexity index is 723. The second kappa shape index (κ2) is 8.30. The molecule has 8 heteroatoms. The molecule has 8 nitrogen and oxygen atoms in total.